The Morgan fingerprint density at radius 2 is 1.96 bits per heavy atom. The van der Waals surface area contributed by atoms with Crippen molar-refractivity contribution in [1.82, 2.24) is 4.90 Å². The summed E-state index contributed by atoms with van der Waals surface area (Å²) in [5.41, 5.74) is 1.30. The summed E-state index contributed by atoms with van der Waals surface area (Å²) in [6, 6.07) is 11.7. The molecule has 2 aromatic rings. The summed E-state index contributed by atoms with van der Waals surface area (Å²) in [7, 11) is 0. The number of anilines is 1. The summed E-state index contributed by atoms with van der Waals surface area (Å²) in [5, 5.41) is 14.6. The molecule has 0 saturated carbocycles. The maximum absolute atomic E-state index is 12.7. The zero-order valence-corrected chi connectivity index (χ0v) is 16.0. The van der Waals surface area contributed by atoms with Crippen molar-refractivity contribution in [3.63, 3.8) is 0 Å². The Hall–Kier alpha value is -2.15. The maximum atomic E-state index is 12.7. The second-order valence-corrected chi connectivity index (χ2v) is 7.45. The van der Waals surface area contributed by atoms with Crippen LogP contribution in [0.4, 0.5) is 11.4 Å². The maximum Gasteiger partial charge on any atom is 0.271 e. The predicted molar refractivity (Wildman–Crippen MR) is 106 cm³/mol. The van der Waals surface area contributed by atoms with Gasteiger partial charge in [0.2, 0.25) is 5.91 Å². The van der Waals surface area contributed by atoms with Crippen LogP contribution in [0.15, 0.2) is 42.5 Å². The molecule has 1 heterocycles. The van der Waals surface area contributed by atoms with Gasteiger partial charge in [0.1, 0.15) is 0 Å². The normalized spacial score (nSPS) is 17.5. The Labute approximate surface area is 167 Å². The highest BCUT2D eigenvalue weighted by atomic mass is 35.5. The molecule has 1 amide bonds. The fraction of sp³-hybridized carbons (Fsp3) is 0.316. The van der Waals surface area contributed by atoms with E-state index in [-0.39, 0.29) is 28.2 Å². The lowest BCUT2D eigenvalue weighted by Crippen LogP contribution is -2.40. The van der Waals surface area contributed by atoms with Crippen LogP contribution >= 0.6 is 23.2 Å². The van der Waals surface area contributed by atoms with Crippen LogP contribution in [0.1, 0.15) is 18.4 Å². The van der Waals surface area contributed by atoms with Crippen LogP contribution in [-0.4, -0.2) is 28.8 Å². The third-order valence-electron chi connectivity index (χ3n) is 4.61. The van der Waals surface area contributed by atoms with Crippen molar-refractivity contribution in [2.75, 3.05) is 18.4 Å². The molecule has 8 heteroatoms. The number of amides is 1. The fourth-order valence-corrected chi connectivity index (χ4v) is 3.51. The second-order valence-electron chi connectivity index (χ2n) is 6.61. The van der Waals surface area contributed by atoms with Gasteiger partial charge in [0.05, 0.1) is 21.6 Å². The first-order chi connectivity index (χ1) is 12.9. The molecule has 0 aromatic heterocycles. The average Bonchev–Trinajstić information content (AvgIpc) is 2.65. The highest BCUT2D eigenvalue weighted by molar-refractivity contribution is 6.33. The summed E-state index contributed by atoms with van der Waals surface area (Å²) in [4.78, 5) is 25.3. The van der Waals surface area contributed by atoms with Gasteiger partial charge in [0.25, 0.3) is 5.69 Å². The minimum Gasteiger partial charge on any atom is -0.324 e. The van der Waals surface area contributed by atoms with Crippen molar-refractivity contribution in [3.8, 4) is 0 Å². The van der Waals surface area contributed by atoms with Crippen LogP contribution in [0.2, 0.25) is 10.0 Å². The van der Waals surface area contributed by atoms with E-state index in [0.29, 0.717) is 11.6 Å². The number of hydrogen-bond donors (Lipinski definition) is 1. The average molecular weight is 408 g/mol. The Balaban J connectivity index is 1.64. The molecule has 1 aliphatic rings. The van der Waals surface area contributed by atoms with Crippen LogP contribution in [-0.2, 0) is 11.3 Å². The minimum atomic E-state index is -0.513. The lowest BCUT2D eigenvalue weighted by atomic mass is 9.96. The second kappa shape index (κ2) is 8.69. The molecule has 1 fully saturated rings. The van der Waals surface area contributed by atoms with Crippen LogP contribution in [0.5, 0.6) is 0 Å². The van der Waals surface area contributed by atoms with Crippen molar-refractivity contribution in [2.45, 2.75) is 19.4 Å². The molecule has 0 radical (unpaired) electrons. The Morgan fingerprint density at radius 1 is 1.22 bits per heavy atom. The number of carbonyl (C=O) groups is 1. The fourth-order valence-electron chi connectivity index (χ4n) is 3.22. The Bertz CT molecular complexity index is 843. The molecule has 1 unspecified atom stereocenters. The number of non-ortho nitro benzene ring substituents is 1. The predicted octanol–water partition coefficient (Wildman–Crippen LogP) is 4.75. The molecule has 1 aliphatic heterocycles. The molecule has 2 aromatic carbocycles. The van der Waals surface area contributed by atoms with Crippen molar-refractivity contribution < 1.29 is 9.72 Å². The van der Waals surface area contributed by atoms with E-state index in [1.807, 2.05) is 24.3 Å². The number of nitrogens with zero attached hydrogens (tertiary/aromatic N) is 2. The van der Waals surface area contributed by atoms with Crippen LogP contribution in [0.3, 0.4) is 0 Å². The number of nitrogens with one attached hydrogen (secondary N) is 1. The zero-order valence-electron chi connectivity index (χ0n) is 14.5. The highest BCUT2D eigenvalue weighted by Gasteiger charge is 2.26. The van der Waals surface area contributed by atoms with E-state index < -0.39 is 4.92 Å². The van der Waals surface area contributed by atoms with E-state index >= 15 is 0 Å². The number of piperidine rings is 1. The summed E-state index contributed by atoms with van der Waals surface area (Å²) in [6.07, 6.45) is 1.68. The first-order valence-electron chi connectivity index (χ1n) is 8.64. The smallest absolute Gasteiger partial charge is 0.271 e. The third kappa shape index (κ3) is 5.19. The first kappa shape index (κ1) is 19.6. The number of carbonyl (C=O) groups excluding carboxylic acids is 1. The van der Waals surface area contributed by atoms with Crippen molar-refractivity contribution in [2.24, 2.45) is 5.92 Å². The summed E-state index contributed by atoms with van der Waals surface area (Å²) in [6.45, 7) is 2.30. The molecular weight excluding hydrogens is 389 g/mol. The molecule has 0 bridgehead atoms. The lowest BCUT2D eigenvalue weighted by Gasteiger charge is -2.32. The number of likely N-dealkylation sites (tertiary alicyclic amines) is 1. The molecule has 6 nitrogen and oxygen atoms in total. The van der Waals surface area contributed by atoms with E-state index in [9.17, 15) is 14.9 Å². The summed E-state index contributed by atoms with van der Waals surface area (Å²) < 4.78 is 0. The van der Waals surface area contributed by atoms with Crippen LogP contribution < -0.4 is 5.32 Å². The molecule has 1 atom stereocenters. The van der Waals surface area contributed by atoms with Crippen LogP contribution in [0, 0.1) is 16.0 Å². The van der Waals surface area contributed by atoms with Crippen molar-refractivity contribution in [3.05, 3.63) is 68.2 Å². The summed E-state index contributed by atoms with van der Waals surface area (Å²) in [5.74, 6) is -0.361. The van der Waals surface area contributed by atoms with Crippen molar-refractivity contribution in [1.29, 1.82) is 0 Å². The molecule has 27 heavy (non-hydrogen) atoms. The topological polar surface area (TPSA) is 75.5 Å². The molecule has 0 aliphatic carbocycles. The number of benzene rings is 2. The Kier molecular flexibility index (Phi) is 6.31. The van der Waals surface area contributed by atoms with Gasteiger partial charge >= 0.3 is 0 Å². The SMILES string of the molecule is O=C(Nc1cc([N+](=O)[O-])ccc1Cl)C1CCCN(Cc2ccc(Cl)cc2)C1. The summed E-state index contributed by atoms with van der Waals surface area (Å²) >= 11 is 12.0. The zero-order chi connectivity index (χ0) is 19.4. The molecule has 142 valence electrons. The van der Waals surface area contributed by atoms with Gasteiger partial charge in [-0.2, -0.15) is 0 Å². The highest BCUT2D eigenvalue weighted by Crippen LogP contribution is 2.28. The monoisotopic (exact) mass is 407 g/mol. The van der Waals surface area contributed by atoms with Crippen LogP contribution in [0.25, 0.3) is 0 Å². The van der Waals surface area contributed by atoms with Gasteiger partial charge in [-0.25, -0.2) is 0 Å². The third-order valence-corrected chi connectivity index (χ3v) is 5.20. The van der Waals surface area contributed by atoms with E-state index in [0.717, 1.165) is 31.5 Å². The molecular formula is C19H19Cl2N3O3. The van der Waals surface area contributed by atoms with E-state index in [1.165, 1.54) is 18.2 Å². The van der Waals surface area contributed by atoms with E-state index in [4.69, 9.17) is 23.2 Å². The molecule has 1 saturated heterocycles. The van der Waals surface area contributed by atoms with Gasteiger partial charge in [-0.15, -0.1) is 0 Å². The standard InChI is InChI=1S/C19H19Cl2N3O3/c20-15-5-3-13(4-6-15)11-23-9-1-2-14(12-23)19(25)22-18-10-16(24(26)27)7-8-17(18)21/h3-8,10,14H,1-2,9,11-12H2,(H,22,25). The number of hydrogen-bond acceptors (Lipinski definition) is 4. The van der Waals surface area contributed by atoms with E-state index in [1.54, 1.807) is 0 Å². The number of rotatable bonds is 5. The van der Waals surface area contributed by atoms with Gasteiger partial charge in [0, 0.05) is 30.2 Å². The largest absolute Gasteiger partial charge is 0.324 e. The minimum absolute atomic E-state index is 0.109. The van der Waals surface area contributed by atoms with Gasteiger partial charge < -0.3 is 5.32 Å². The Morgan fingerprint density at radius 3 is 2.67 bits per heavy atom. The van der Waals surface area contributed by atoms with Gasteiger partial charge in [-0.1, -0.05) is 35.3 Å². The van der Waals surface area contributed by atoms with Crippen molar-refractivity contribution >= 4 is 40.5 Å². The van der Waals surface area contributed by atoms with Gasteiger partial charge in [-0.05, 0) is 43.1 Å². The number of halogens is 2. The number of nitro groups is 1. The van der Waals surface area contributed by atoms with E-state index in [2.05, 4.69) is 10.2 Å². The molecule has 3 rings (SSSR count). The number of nitro benzene ring substituents is 1. The molecule has 1 N–H and O–H groups in total. The first-order valence-corrected chi connectivity index (χ1v) is 9.39. The lowest BCUT2D eigenvalue weighted by molar-refractivity contribution is -0.384. The quantitative estimate of drug-likeness (QED) is 0.572. The van der Waals surface area contributed by atoms with Gasteiger partial charge in [0.15, 0.2) is 0 Å². The molecule has 0 spiro atoms. The van der Waals surface area contributed by atoms with Gasteiger partial charge in [-0.3, -0.25) is 19.8 Å².